The van der Waals surface area contributed by atoms with Crippen LogP contribution in [0.4, 0.5) is 4.39 Å². The van der Waals surface area contributed by atoms with E-state index >= 15 is 0 Å². The number of thioether (sulfide) groups is 1. The molecule has 0 aliphatic rings. The standard InChI is InChI=1S/C24H19ClFN3O2S/c1-15-4-2-3-5-21(15)29-23(31)19-11-8-17(25)12-20(19)28-24(29)32-14-22(30)27-13-16-6-9-18(26)10-7-16/h2-12H,13-14H2,1H3,(H,27,30). The highest BCUT2D eigenvalue weighted by molar-refractivity contribution is 7.99. The predicted molar refractivity (Wildman–Crippen MR) is 126 cm³/mol. The molecule has 0 aliphatic heterocycles. The molecule has 0 spiro atoms. The molecule has 0 radical (unpaired) electrons. The van der Waals surface area contributed by atoms with E-state index in [4.69, 9.17) is 11.6 Å². The topological polar surface area (TPSA) is 64.0 Å². The second-order valence-corrected chi connectivity index (χ2v) is 8.55. The van der Waals surface area contributed by atoms with Gasteiger partial charge in [-0.05, 0) is 54.4 Å². The number of halogens is 2. The fourth-order valence-electron chi connectivity index (χ4n) is 3.25. The lowest BCUT2D eigenvalue weighted by molar-refractivity contribution is -0.118. The van der Waals surface area contributed by atoms with Crippen molar-refractivity contribution in [2.45, 2.75) is 18.6 Å². The van der Waals surface area contributed by atoms with Crippen LogP contribution >= 0.6 is 23.4 Å². The summed E-state index contributed by atoms with van der Waals surface area (Å²) in [5.74, 6) is -0.491. The van der Waals surface area contributed by atoms with Crippen LogP contribution in [0.15, 0.2) is 76.7 Å². The molecule has 0 unspecified atom stereocenters. The van der Waals surface area contributed by atoms with Gasteiger partial charge in [-0.2, -0.15) is 0 Å². The zero-order chi connectivity index (χ0) is 22.7. The number of hydrogen-bond donors (Lipinski definition) is 1. The molecule has 0 atom stereocenters. The second kappa shape index (κ2) is 9.54. The van der Waals surface area contributed by atoms with Crippen LogP contribution in [-0.4, -0.2) is 21.2 Å². The SMILES string of the molecule is Cc1ccccc1-n1c(SCC(=O)NCc2ccc(F)cc2)nc2cc(Cl)ccc2c1=O. The third kappa shape index (κ3) is 4.84. The molecule has 0 saturated heterocycles. The molecule has 1 aromatic heterocycles. The van der Waals surface area contributed by atoms with Gasteiger partial charge in [0.1, 0.15) is 5.82 Å². The van der Waals surface area contributed by atoms with Gasteiger partial charge in [0.25, 0.3) is 5.56 Å². The van der Waals surface area contributed by atoms with Crippen LogP contribution in [0, 0.1) is 12.7 Å². The van der Waals surface area contributed by atoms with Crippen LogP contribution in [0.25, 0.3) is 16.6 Å². The molecule has 8 heteroatoms. The van der Waals surface area contributed by atoms with Crippen molar-refractivity contribution < 1.29 is 9.18 Å². The van der Waals surface area contributed by atoms with E-state index < -0.39 is 0 Å². The highest BCUT2D eigenvalue weighted by Crippen LogP contribution is 2.24. The zero-order valence-electron chi connectivity index (χ0n) is 17.1. The van der Waals surface area contributed by atoms with Gasteiger partial charge >= 0.3 is 0 Å². The Kier molecular flexibility index (Phi) is 6.58. The number of rotatable bonds is 6. The van der Waals surface area contributed by atoms with Crippen LogP contribution in [0.5, 0.6) is 0 Å². The largest absolute Gasteiger partial charge is 0.351 e. The van der Waals surface area contributed by atoms with Crippen LogP contribution in [0.2, 0.25) is 5.02 Å². The maximum Gasteiger partial charge on any atom is 0.266 e. The fraction of sp³-hybridized carbons (Fsp3) is 0.125. The molecule has 0 aliphatic carbocycles. The summed E-state index contributed by atoms with van der Waals surface area (Å²) in [6, 6.07) is 18.4. The number of carbonyl (C=O) groups excluding carboxylic acids is 1. The molecule has 3 aromatic carbocycles. The lowest BCUT2D eigenvalue weighted by atomic mass is 10.2. The average Bonchev–Trinajstić information content (AvgIpc) is 2.78. The maximum absolute atomic E-state index is 13.3. The Hall–Kier alpha value is -3.16. The first-order valence-electron chi connectivity index (χ1n) is 9.84. The number of para-hydroxylation sites is 1. The summed E-state index contributed by atoms with van der Waals surface area (Å²) in [7, 11) is 0. The molecule has 5 nitrogen and oxygen atoms in total. The second-order valence-electron chi connectivity index (χ2n) is 7.17. The number of nitrogens with zero attached hydrogens (tertiary/aromatic N) is 2. The summed E-state index contributed by atoms with van der Waals surface area (Å²) in [4.78, 5) is 30.4. The number of aromatic nitrogens is 2. The lowest BCUT2D eigenvalue weighted by Gasteiger charge is -2.15. The van der Waals surface area contributed by atoms with Gasteiger partial charge in [-0.15, -0.1) is 0 Å². The monoisotopic (exact) mass is 467 g/mol. The van der Waals surface area contributed by atoms with E-state index in [-0.39, 0.29) is 29.6 Å². The highest BCUT2D eigenvalue weighted by atomic mass is 35.5. The fourth-order valence-corrected chi connectivity index (χ4v) is 4.25. The first-order chi connectivity index (χ1) is 15.4. The summed E-state index contributed by atoms with van der Waals surface area (Å²) in [6.45, 7) is 2.20. The van der Waals surface area contributed by atoms with E-state index in [0.29, 0.717) is 26.8 Å². The van der Waals surface area contributed by atoms with Crippen molar-refractivity contribution in [3.63, 3.8) is 0 Å². The molecule has 32 heavy (non-hydrogen) atoms. The smallest absolute Gasteiger partial charge is 0.266 e. The Morgan fingerprint density at radius 2 is 1.88 bits per heavy atom. The van der Waals surface area contributed by atoms with E-state index in [2.05, 4.69) is 10.3 Å². The van der Waals surface area contributed by atoms with Gasteiger partial charge in [0.15, 0.2) is 5.16 Å². The van der Waals surface area contributed by atoms with E-state index in [1.54, 1.807) is 30.3 Å². The number of hydrogen-bond acceptors (Lipinski definition) is 4. The number of benzene rings is 3. The molecule has 162 valence electrons. The van der Waals surface area contributed by atoms with E-state index in [0.717, 1.165) is 11.1 Å². The van der Waals surface area contributed by atoms with Gasteiger partial charge < -0.3 is 5.32 Å². The quantitative estimate of drug-likeness (QED) is 0.324. The van der Waals surface area contributed by atoms with Crippen molar-refractivity contribution in [2.75, 3.05) is 5.75 Å². The minimum absolute atomic E-state index is 0.0611. The summed E-state index contributed by atoms with van der Waals surface area (Å²) in [5, 5.41) is 4.13. The summed E-state index contributed by atoms with van der Waals surface area (Å²) in [6.07, 6.45) is 0. The van der Waals surface area contributed by atoms with Gasteiger partial charge in [-0.3, -0.25) is 14.2 Å². The average molecular weight is 468 g/mol. The van der Waals surface area contributed by atoms with Crippen molar-refractivity contribution in [1.82, 2.24) is 14.9 Å². The molecular formula is C24H19ClFN3O2S. The summed E-state index contributed by atoms with van der Waals surface area (Å²) in [5.41, 5.74) is 2.65. The van der Waals surface area contributed by atoms with Gasteiger partial charge in [-0.1, -0.05) is 53.7 Å². The Labute approximate surface area is 193 Å². The maximum atomic E-state index is 13.3. The Morgan fingerprint density at radius 1 is 1.12 bits per heavy atom. The zero-order valence-corrected chi connectivity index (χ0v) is 18.7. The summed E-state index contributed by atoms with van der Waals surface area (Å²) >= 11 is 7.27. The molecular weight excluding hydrogens is 449 g/mol. The van der Waals surface area contributed by atoms with Gasteiger partial charge in [0.2, 0.25) is 5.91 Å². The minimum atomic E-state index is -0.327. The molecule has 1 heterocycles. The summed E-state index contributed by atoms with van der Waals surface area (Å²) < 4.78 is 14.6. The Balaban J connectivity index is 1.62. The third-order valence-electron chi connectivity index (χ3n) is 4.89. The van der Waals surface area contributed by atoms with E-state index in [1.807, 2.05) is 31.2 Å². The normalized spacial score (nSPS) is 11.0. The minimum Gasteiger partial charge on any atom is -0.351 e. The van der Waals surface area contributed by atoms with Gasteiger partial charge in [0, 0.05) is 11.6 Å². The van der Waals surface area contributed by atoms with Crippen molar-refractivity contribution in [1.29, 1.82) is 0 Å². The molecule has 1 N–H and O–H groups in total. The third-order valence-corrected chi connectivity index (χ3v) is 6.07. The first kappa shape index (κ1) is 22.0. The molecule has 1 amide bonds. The number of nitrogens with one attached hydrogen (secondary N) is 1. The highest BCUT2D eigenvalue weighted by Gasteiger charge is 2.16. The van der Waals surface area contributed by atoms with Gasteiger partial charge in [-0.25, -0.2) is 9.37 Å². The molecule has 0 saturated carbocycles. The molecule has 0 bridgehead atoms. The van der Waals surface area contributed by atoms with Crippen molar-refractivity contribution in [3.8, 4) is 5.69 Å². The first-order valence-corrected chi connectivity index (χ1v) is 11.2. The number of carbonyl (C=O) groups is 1. The van der Waals surface area contributed by atoms with Crippen LogP contribution in [0.3, 0.4) is 0 Å². The van der Waals surface area contributed by atoms with Crippen molar-refractivity contribution >= 4 is 40.2 Å². The molecule has 0 fully saturated rings. The van der Waals surface area contributed by atoms with E-state index in [1.165, 1.54) is 28.5 Å². The lowest BCUT2D eigenvalue weighted by Crippen LogP contribution is -2.26. The number of aryl methyl sites for hydroxylation is 1. The van der Waals surface area contributed by atoms with E-state index in [9.17, 15) is 14.0 Å². The van der Waals surface area contributed by atoms with Crippen molar-refractivity contribution in [2.24, 2.45) is 0 Å². The molecule has 4 rings (SSSR count). The number of fused-ring (bicyclic) bond motifs is 1. The number of amides is 1. The Morgan fingerprint density at radius 3 is 2.62 bits per heavy atom. The van der Waals surface area contributed by atoms with Crippen LogP contribution in [0.1, 0.15) is 11.1 Å². The van der Waals surface area contributed by atoms with Gasteiger partial charge in [0.05, 0.1) is 22.3 Å². The Bertz CT molecular complexity index is 1360. The van der Waals surface area contributed by atoms with Crippen LogP contribution in [-0.2, 0) is 11.3 Å². The predicted octanol–water partition coefficient (Wildman–Crippen LogP) is 4.90. The van der Waals surface area contributed by atoms with Crippen LogP contribution < -0.4 is 10.9 Å². The molecule has 4 aromatic rings. The van der Waals surface area contributed by atoms with Crippen molar-refractivity contribution in [3.05, 3.63) is 99.1 Å².